The predicted molar refractivity (Wildman–Crippen MR) is 104 cm³/mol. The van der Waals surface area contributed by atoms with Gasteiger partial charge >= 0.3 is 0 Å². The highest BCUT2D eigenvalue weighted by Gasteiger charge is 2.19. The zero-order valence-electron chi connectivity index (χ0n) is 14.5. The average molecular weight is 396 g/mol. The molecule has 5 nitrogen and oxygen atoms in total. The van der Waals surface area contributed by atoms with Crippen LogP contribution in [-0.2, 0) is 9.47 Å². The standard InChI is InChI=1S/C18H19ClFN3O2S/c1-24-9-7-23(8-10-25-2)16-15-14(12-3-5-13(20)6-4-12)11-26-17(15)22-18(19)21-16/h3-6,11H,7-10H2,1-2H3. The largest absolute Gasteiger partial charge is 0.383 e. The third-order valence-corrected chi connectivity index (χ3v) is 5.01. The number of fused-ring (bicyclic) bond motifs is 1. The van der Waals surface area contributed by atoms with Gasteiger partial charge in [0.05, 0.1) is 18.6 Å². The zero-order chi connectivity index (χ0) is 18.5. The molecule has 8 heteroatoms. The molecule has 0 aliphatic rings. The molecule has 26 heavy (non-hydrogen) atoms. The van der Waals surface area contributed by atoms with Crippen molar-refractivity contribution in [2.45, 2.75) is 0 Å². The van der Waals surface area contributed by atoms with Gasteiger partial charge in [-0.05, 0) is 29.3 Å². The summed E-state index contributed by atoms with van der Waals surface area (Å²) >= 11 is 7.65. The number of ether oxygens (including phenoxy) is 2. The maximum absolute atomic E-state index is 13.3. The molecule has 0 aliphatic carbocycles. The molecule has 0 saturated heterocycles. The summed E-state index contributed by atoms with van der Waals surface area (Å²) in [7, 11) is 3.32. The molecule has 3 rings (SSSR count). The van der Waals surface area contributed by atoms with Crippen molar-refractivity contribution in [1.29, 1.82) is 0 Å². The highest BCUT2D eigenvalue weighted by atomic mass is 35.5. The lowest BCUT2D eigenvalue weighted by Gasteiger charge is -2.24. The van der Waals surface area contributed by atoms with Gasteiger partial charge in [0.25, 0.3) is 0 Å². The first-order valence-corrected chi connectivity index (χ1v) is 9.33. The molecule has 0 fully saturated rings. The van der Waals surface area contributed by atoms with E-state index >= 15 is 0 Å². The second-order valence-corrected chi connectivity index (χ2v) is 6.82. The molecule has 0 saturated carbocycles. The molecule has 0 bridgehead atoms. The van der Waals surface area contributed by atoms with Crippen LogP contribution in [0.25, 0.3) is 21.3 Å². The minimum Gasteiger partial charge on any atom is -0.383 e. The number of halogens is 2. The second kappa shape index (κ2) is 8.73. The fraction of sp³-hybridized carbons (Fsp3) is 0.333. The van der Waals surface area contributed by atoms with Gasteiger partial charge in [0.15, 0.2) is 0 Å². The topological polar surface area (TPSA) is 47.5 Å². The number of methoxy groups -OCH3 is 2. The molecule has 0 aliphatic heterocycles. The van der Waals surface area contributed by atoms with Gasteiger partial charge < -0.3 is 14.4 Å². The van der Waals surface area contributed by atoms with Crippen LogP contribution in [0.3, 0.4) is 0 Å². The molecule has 0 unspecified atom stereocenters. The quantitative estimate of drug-likeness (QED) is 0.533. The van der Waals surface area contributed by atoms with E-state index in [0.717, 1.165) is 27.2 Å². The van der Waals surface area contributed by atoms with E-state index in [9.17, 15) is 4.39 Å². The lowest BCUT2D eigenvalue weighted by molar-refractivity contribution is 0.190. The van der Waals surface area contributed by atoms with Crippen LogP contribution in [0.2, 0.25) is 5.28 Å². The van der Waals surface area contributed by atoms with Gasteiger partial charge in [-0.25, -0.2) is 9.37 Å². The Morgan fingerprint density at radius 1 is 1.08 bits per heavy atom. The van der Waals surface area contributed by atoms with Crippen molar-refractivity contribution < 1.29 is 13.9 Å². The van der Waals surface area contributed by atoms with Crippen LogP contribution in [0, 0.1) is 5.82 Å². The molecule has 0 spiro atoms. The molecule has 0 radical (unpaired) electrons. The number of anilines is 1. The Labute approximate surface area is 160 Å². The lowest BCUT2D eigenvalue weighted by Crippen LogP contribution is -2.31. The summed E-state index contributed by atoms with van der Waals surface area (Å²) < 4.78 is 23.8. The third-order valence-electron chi connectivity index (χ3n) is 3.97. The van der Waals surface area contributed by atoms with Crippen LogP contribution in [0.4, 0.5) is 10.2 Å². The van der Waals surface area contributed by atoms with E-state index in [0.29, 0.717) is 26.3 Å². The summed E-state index contributed by atoms with van der Waals surface area (Å²) in [6, 6.07) is 6.40. The van der Waals surface area contributed by atoms with Crippen molar-refractivity contribution in [2.24, 2.45) is 0 Å². The molecule has 0 atom stereocenters. The summed E-state index contributed by atoms with van der Waals surface area (Å²) in [5, 5.41) is 3.09. The van der Waals surface area contributed by atoms with Crippen molar-refractivity contribution in [1.82, 2.24) is 9.97 Å². The molecular weight excluding hydrogens is 377 g/mol. The third kappa shape index (κ3) is 4.12. The molecule has 0 N–H and O–H groups in total. The van der Waals surface area contributed by atoms with E-state index in [-0.39, 0.29) is 11.1 Å². The number of thiophene rings is 1. The summed E-state index contributed by atoms with van der Waals surface area (Å²) in [5.41, 5.74) is 1.86. The van der Waals surface area contributed by atoms with Crippen molar-refractivity contribution in [3.63, 3.8) is 0 Å². The summed E-state index contributed by atoms with van der Waals surface area (Å²) in [5.74, 6) is 0.462. The van der Waals surface area contributed by atoms with Gasteiger partial charge in [-0.15, -0.1) is 11.3 Å². The maximum atomic E-state index is 13.3. The highest BCUT2D eigenvalue weighted by molar-refractivity contribution is 7.17. The smallest absolute Gasteiger partial charge is 0.225 e. The Morgan fingerprint density at radius 2 is 1.73 bits per heavy atom. The van der Waals surface area contributed by atoms with E-state index < -0.39 is 0 Å². The monoisotopic (exact) mass is 395 g/mol. The molecule has 1 aromatic carbocycles. The van der Waals surface area contributed by atoms with Crippen molar-refractivity contribution >= 4 is 39.0 Å². The lowest BCUT2D eigenvalue weighted by atomic mass is 10.1. The predicted octanol–water partition coefficient (Wildman–Crippen LogP) is 4.25. The van der Waals surface area contributed by atoms with E-state index in [2.05, 4.69) is 14.9 Å². The van der Waals surface area contributed by atoms with Crippen LogP contribution in [-0.4, -0.2) is 50.5 Å². The van der Waals surface area contributed by atoms with Gasteiger partial charge in [-0.3, -0.25) is 0 Å². The minimum atomic E-state index is -0.269. The number of hydrogen-bond acceptors (Lipinski definition) is 6. The summed E-state index contributed by atoms with van der Waals surface area (Å²) in [6.07, 6.45) is 0. The van der Waals surface area contributed by atoms with Crippen molar-refractivity contribution in [3.8, 4) is 11.1 Å². The van der Waals surface area contributed by atoms with E-state index in [1.807, 2.05) is 5.38 Å². The van der Waals surface area contributed by atoms with Gasteiger partial charge in [0.1, 0.15) is 16.5 Å². The van der Waals surface area contributed by atoms with Gasteiger partial charge in [-0.2, -0.15) is 4.98 Å². The van der Waals surface area contributed by atoms with Crippen molar-refractivity contribution in [2.75, 3.05) is 45.4 Å². The first-order valence-electron chi connectivity index (χ1n) is 8.07. The van der Waals surface area contributed by atoms with E-state index in [1.54, 1.807) is 26.4 Å². The molecule has 138 valence electrons. The Kier molecular flexibility index (Phi) is 6.37. The normalized spacial score (nSPS) is 11.2. The van der Waals surface area contributed by atoms with Crippen molar-refractivity contribution in [3.05, 3.63) is 40.7 Å². The summed E-state index contributed by atoms with van der Waals surface area (Å²) in [6.45, 7) is 2.37. The highest BCUT2D eigenvalue weighted by Crippen LogP contribution is 2.38. The van der Waals surface area contributed by atoms with Crippen LogP contribution < -0.4 is 4.90 Å². The van der Waals surface area contributed by atoms with E-state index in [4.69, 9.17) is 21.1 Å². The number of aromatic nitrogens is 2. The first-order chi connectivity index (χ1) is 12.6. The molecule has 0 amide bonds. The molecular formula is C18H19ClFN3O2S. The fourth-order valence-corrected chi connectivity index (χ4v) is 3.85. The van der Waals surface area contributed by atoms with Gasteiger partial charge in [0.2, 0.25) is 5.28 Å². The molecule has 3 aromatic rings. The number of benzene rings is 1. The van der Waals surface area contributed by atoms with Crippen LogP contribution in [0.15, 0.2) is 29.6 Å². The minimum absolute atomic E-state index is 0.194. The van der Waals surface area contributed by atoms with Crippen LogP contribution >= 0.6 is 22.9 Å². The fourth-order valence-electron chi connectivity index (χ4n) is 2.70. The zero-order valence-corrected chi connectivity index (χ0v) is 16.1. The number of nitrogens with zero attached hydrogens (tertiary/aromatic N) is 3. The molecule has 2 aromatic heterocycles. The Balaban J connectivity index is 2.12. The van der Waals surface area contributed by atoms with Gasteiger partial charge in [-0.1, -0.05) is 12.1 Å². The van der Waals surface area contributed by atoms with Crippen LogP contribution in [0.1, 0.15) is 0 Å². The van der Waals surface area contributed by atoms with Crippen LogP contribution in [0.5, 0.6) is 0 Å². The SMILES string of the molecule is COCCN(CCOC)c1nc(Cl)nc2scc(-c3ccc(F)cc3)c12. The van der Waals surface area contributed by atoms with Gasteiger partial charge in [0, 0.05) is 38.3 Å². The second-order valence-electron chi connectivity index (χ2n) is 5.63. The Bertz CT molecular complexity index is 865. The first kappa shape index (κ1) is 19.0. The summed E-state index contributed by atoms with van der Waals surface area (Å²) in [4.78, 5) is 11.7. The number of rotatable bonds is 8. The Morgan fingerprint density at radius 3 is 2.35 bits per heavy atom. The number of hydrogen-bond donors (Lipinski definition) is 0. The molecule has 2 heterocycles. The average Bonchev–Trinajstić information content (AvgIpc) is 3.05. The Hall–Kier alpha value is -1.80. The maximum Gasteiger partial charge on any atom is 0.225 e. The van der Waals surface area contributed by atoms with E-state index in [1.165, 1.54) is 23.5 Å².